The van der Waals surface area contributed by atoms with E-state index in [1.165, 1.54) is 0 Å². The highest BCUT2D eigenvalue weighted by molar-refractivity contribution is 5.93. The molecule has 26 heavy (non-hydrogen) atoms. The Labute approximate surface area is 150 Å². The van der Waals surface area contributed by atoms with Crippen molar-refractivity contribution in [3.8, 4) is 23.2 Å². The molecule has 3 rings (SSSR count). The van der Waals surface area contributed by atoms with Crippen LogP contribution >= 0.6 is 0 Å². The first kappa shape index (κ1) is 17.0. The van der Waals surface area contributed by atoms with Crippen LogP contribution in [0.25, 0.3) is 11.3 Å². The van der Waals surface area contributed by atoms with Gasteiger partial charge in [0.1, 0.15) is 0 Å². The van der Waals surface area contributed by atoms with Crippen LogP contribution in [-0.2, 0) is 0 Å². The molecule has 1 heterocycles. The predicted molar refractivity (Wildman–Crippen MR) is 96.1 cm³/mol. The normalized spacial score (nSPS) is 9.85. The Morgan fingerprint density at radius 1 is 1.08 bits per heavy atom. The largest absolute Gasteiger partial charge is 0.366 e. The molecule has 3 aromatic rings. The molecule has 6 heteroatoms. The van der Waals surface area contributed by atoms with Crippen molar-refractivity contribution in [3.63, 3.8) is 0 Å². The van der Waals surface area contributed by atoms with E-state index >= 15 is 0 Å². The van der Waals surface area contributed by atoms with Crippen LogP contribution in [0.3, 0.4) is 0 Å². The zero-order valence-electron chi connectivity index (χ0n) is 13.7. The Morgan fingerprint density at radius 2 is 1.81 bits per heavy atom. The van der Waals surface area contributed by atoms with Crippen molar-refractivity contribution in [2.45, 2.75) is 0 Å². The number of carbonyl (C=O) groups excluding carboxylic acids is 2. The Hall–Kier alpha value is -3.85. The molecule has 2 amide bonds. The lowest BCUT2D eigenvalue weighted by atomic mass is 10.1. The second-order valence-corrected chi connectivity index (χ2v) is 5.37. The van der Waals surface area contributed by atoms with E-state index in [2.05, 4.69) is 22.3 Å². The fraction of sp³-hybridized carbons (Fsp3) is 0.0500. The van der Waals surface area contributed by atoms with Crippen LogP contribution in [0.2, 0.25) is 0 Å². The topological polar surface area (TPSA) is 98.2 Å². The number of nitrogens with zero attached hydrogens (tertiary/aromatic N) is 1. The fourth-order valence-electron chi connectivity index (χ4n) is 2.20. The molecular formula is C20H15N3O3. The maximum Gasteiger partial charge on any atom is 0.274 e. The van der Waals surface area contributed by atoms with Gasteiger partial charge in [-0.2, -0.15) is 0 Å². The Balaban J connectivity index is 1.57. The zero-order valence-corrected chi connectivity index (χ0v) is 13.7. The highest BCUT2D eigenvalue weighted by Crippen LogP contribution is 2.19. The monoisotopic (exact) mass is 345 g/mol. The summed E-state index contributed by atoms with van der Waals surface area (Å²) in [4.78, 5) is 23.1. The molecule has 6 nitrogen and oxygen atoms in total. The zero-order chi connectivity index (χ0) is 18.4. The molecule has 0 aliphatic rings. The summed E-state index contributed by atoms with van der Waals surface area (Å²) >= 11 is 0. The Bertz CT molecular complexity index is 980. The molecule has 0 fully saturated rings. The van der Waals surface area contributed by atoms with Crippen molar-refractivity contribution < 1.29 is 14.1 Å². The summed E-state index contributed by atoms with van der Waals surface area (Å²) < 4.78 is 5.19. The van der Waals surface area contributed by atoms with Gasteiger partial charge in [-0.1, -0.05) is 47.3 Å². The van der Waals surface area contributed by atoms with Crippen molar-refractivity contribution in [3.05, 3.63) is 77.5 Å². The molecule has 0 spiro atoms. The summed E-state index contributed by atoms with van der Waals surface area (Å²) in [5.41, 5.74) is 7.35. The lowest BCUT2D eigenvalue weighted by Gasteiger charge is -1.96. The summed E-state index contributed by atoms with van der Waals surface area (Å²) in [5.74, 6) is 5.39. The van der Waals surface area contributed by atoms with E-state index in [-0.39, 0.29) is 18.1 Å². The smallest absolute Gasteiger partial charge is 0.274 e. The van der Waals surface area contributed by atoms with Crippen LogP contribution in [0, 0.1) is 11.8 Å². The molecule has 0 unspecified atom stereocenters. The van der Waals surface area contributed by atoms with E-state index < -0.39 is 5.91 Å². The molecule has 0 radical (unpaired) electrons. The van der Waals surface area contributed by atoms with Crippen molar-refractivity contribution in [2.24, 2.45) is 5.73 Å². The van der Waals surface area contributed by atoms with Crippen LogP contribution in [0.1, 0.15) is 26.4 Å². The summed E-state index contributed by atoms with van der Waals surface area (Å²) in [6.07, 6.45) is 0. The number of benzene rings is 2. The van der Waals surface area contributed by atoms with Gasteiger partial charge in [0, 0.05) is 22.8 Å². The van der Waals surface area contributed by atoms with Gasteiger partial charge in [-0.05, 0) is 24.3 Å². The van der Waals surface area contributed by atoms with Gasteiger partial charge in [-0.3, -0.25) is 9.59 Å². The van der Waals surface area contributed by atoms with Crippen molar-refractivity contribution in [1.29, 1.82) is 0 Å². The summed E-state index contributed by atoms with van der Waals surface area (Å²) in [6, 6.07) is 17.6. The number of aromatic nitrogens is 1. The number of amides is 2. The van der Waals surface area contributed by atoms with E-state index in [1.54, 1.807) is 30.3 Å². The molecular weight excluding hydrogens is 330 g/mol. The van der Waals surface area contributed by atoms with Gasteiger partial charge in [0.2, 0.25) is 5.91 Å². The number of nitrogens with one attached hydrogen (secondary N) is 1. The molecule has 1 aromatic heterocycles. The maximum atomic E-state index is 12.1. The summed E-state index contributed by atoms with van der Waals surface area (Å²) in [5, 5.41) is 6.43. The first-order valence-corrected chi connectivity index (χ1v) is 7.82. The third-order valence-corrected chi connectivity index (χ3v) is 3.54. The van der Waals surface area contributed by atoms with Crippen molar-refractivity contribution in [1.82, 2.24) is 10.5 Å². The van der Waals surface area contributed by atoms with Gasteiger partial charge in [-0.15, -0.1) is 0 Å². The van der Waals surface area contributed by atoms with Gasteiger partial charge in [0.25, 0.3) is 5.91 Å². The average Bonchev–Trinajstić information content (AvgIpc) is 3.16. The molecule has 0 atom stereocenters. The van der Waals surface area contributed by atoms with Gasteiger partial charge < -0.3 is 15.6 Å². The molecule has 2 aromatic carbocycles. The van der Waals surface area contributed by atoms with Crippen LogP contribution in [0.5, 0.6) is 0 Å². The highest BCUT2D eigenvalue weighted by atomic mass is 16.5. The SMILES string of the molecule is NC(=O)c1ccc(C#CCNC(=O)c2cc(-c3ccccc3)on2)cc1. The molecule has 3 N–H and O–H groups in total. The lowest BCUT2D eigenvalue weighted by molar-refractivity contribution is 0.0948. The average molecular weight is 345 g/mol. The number of primary amides is 1. The van der Waals surface area contributed by atoms with E-state index in [4.69, 9.17) is 10.3 Å². The van der Waals surface area contributed by atoms with Gasteiger partial charge in [0.05, 0.1) is 6.54 Å². The van der Waals surface area contributed by atoms with Gasteiger partial charge in [0.15, 0.2) is 11.5 Å². The molecule has 0 bridgehead atoms. The number of rotatable bonds is 4. The summed E-state index contributed by atoms with van der Waals surface area (Å²) in [7, 11) is 0. The van der Waals surface area contributed by atoms with E-state index in [0.717, 1.165) is 11.1 Å². The summed E-state index contributed by atoms with van der Waals surface area (Å²) in [6.45, 7) is 0.157. The minimum atomic E-state index is -0.487. The van der Waals surface area contributed by atoms with Crippen LogP contribution in [0.15, 0.2) is 65.2 Å². The number of carbonyl (C=O) groups is 2. The van der Waals surface area contributed by atoms with Crippen LogP contribution in [-0.4, -0.2) is 23.5 Å². The third kappa shape index (κ3) is 4.16. The molecule has 0 aliphatic heterocycles. The van der Waals surface area contributed by atoms with E-state index in [1.807, 2.05) is 30.3 Å². The molecule has 0 aliphatic carbocycles. The van der Waals surface area contributed by atoms with Crippen molar-refractivity contribution in [2.75, 3.05) is 6.54 Å². The van der Waals surface area contributed by atoms with Crippen molar-refractivity contribution >= 4 is 11.8 Å². The lowest BCUT2D eigenvalue weighted by Crippen LogP contribution is -2.23. The first-order valence-electron chi connectivity index (χ1n) is 7.82. The van der Waals surface area contributed by atoms with Crippen LogP contribution in [0.4, 0.5) is 0 Å². The fourth-order valence-corrected chi connectivity index (χ4v) is 2.20. The number of nitrogens with two attached hydrogens (primary N) is 1. The number of hydrogen-bond acceptors (Lipinski definition) is 4. The first-order chi connectivity index (χ1) is 12.6. The Kier molecular flexibility index (Phi) is 5.11. The standard InChI is InChI=1S/C20H15N3O3/c21-19(24)16-10-8-14(9-11-16)5-4-12-22-20(25)17-13-18(26-23-17)15-6-2-1-3-7-15/h1-3,6-11,13H,12H2,(H2,21,24)(H,22,25). The number of hydrogen-bond donors (Lipinski definition) is 2. The van der Waals surface area contributed by atoms with E-state index in [9.17, 15) is 9.59 Å². The minimum Gasteiger partial charge on any atom is -0.366 e. The van der Waals surface area contributed by atoms with Gasteiger partial charge >= 0.3 is 0 Å². The van der Waals surface area contributed by atoms with Crippen LogP contribution < -0.4 is 11.1 Å². The Morgan fingerprint density at radius 3 is 2.50 bits per heavy atom. The third-order valence-electron chi connectivity index (χ3n) is 3.54. The predicted octanol–water partition coefficient (Wildman–Crippen LogP) is 2.22. The molecule has 0 saturated carbocycles. The molecule has 0 saturated heterocycles. The highest BCUT2D eigenvalue weighted by Gasteiger charge is 2.12. The second kappa shape index (κ2) is 7.81. The quantitative estimate of drug-likeness (QED) is 0.708. The minimum absolute atomic E-state index is 0.157. The van der Waals surface area contributed by atoms with Gasteiger partial charge in [-0.25, -0.2) is 0 Å². The second-order valence-electron chi connectivity index (χ2n) is 5.37. The molecule has 128 valence electrons. The maximum absolute atomic E-state index is 12.1. The van der Waals surface area contributed by atoms with E-state index in [0.29, 0.717) is 11.3 Å².